The van der Waals surface area contributed by atoms with E-state index in [0.29, 0.717) is 6.04 Å². The van der Waals surface area contributed by atoms with Gasteiger partial charge in [0.2, 0.25) is 11.1 Å². The van der Waals surface area contributed by atoms with Crippen LogP contribution in [0.25, 0.3) is 10.8 Å². The van der Waals surface area contributed by atoms with Crippen molar-refractivity contribution in [2.75, 3.05) is 5.32 Å². The highest BCUT2D eigenvalue weighted by atomic mass is 32.2. The smallest absolute Gasteiger partial charge is 0.237 e. The van der Waals surface area contributed by atoms with E-state index >= 15 is 0 Å². The van der Waals surface area contributed by atoms with E-state index in [0.717, 1.165) is 34.5 Å². The van der Waals surface area contributed by atoms with E-state index in [-0.39, 0.29) is 11.2 Å². The highest BCUT2D eigenvalue weighted by Gasteiger charge is 2.24. The minimum absolute atomic E-state index is 0.0467. The van der Waals surface area contributed by atoms with Crippen LogP contribution >= 0.6 is 11.8 Å². The van der Waals surface area contributed by atoms with E-state index < -0.39 is 0 Å². The summed E-state index contributed by atoms with van der Waals surface area (Å²) in [6, 6.07) is 14.3. The fourth-order valence-electron chi connectivity index (χ4n) is 3.60. The first-order chi connectivity index (χ1) is 13.2. The highest BCUT2D eigenvalue weighted by molar-refractivity contribution is 8.00. The summed E-state index contributed by atoms with van der Waals surface area (Å²) in [7, 11) is 0. The van der Waals surface area contributed by atoms with E-state index in [2.05, 4.69) is 20.8 Å². The summed E-state index contributed by atoms with van der Waals surface area (Å²) in [6.07, 6.45) is 5.92. The van der Waals surface area contributed by atoms with Crippen LogP contribution in [-0.2, 0) is 4.79 Å². The number of nitrogens with one attached hydrogen (secondary N) is 1. The third-order valence-electron chi connectivity index (χ3n) is 5.08. The zero-order chi connectivity index (χ0) is 18.6. The van der Waals surface area contributed by atoms with E-state index in [1.54, 1.807) is 0 Å². The molecule has 140 valence electrons. The van der Waals surface area contributed by atoms with Gasteiger partial charge in [-0.05, 0) is 41.6 Å². The van der Waals surface area contributed by atoms with Gasteiger partial charge in [0, 0.05) is 11.1 Å². The second-order valence-electron chi connectivity index (χ2n) is 6.97. The summed E-state index contributed by atoms with van der Waals surface area (Å²) >= 11 is 1.42. The van der Waals surface area contributed by atoms with E-state index in [4.69, 9.17) is 0 Å². The second-order valence-corrected chi connectivity index (χ2v) is 8.28. The molecule has 1 aliphatic rings. The molecule has 6 nitrogen and oxygen atoms in total. The van der Waals surface area contributed by atoms with Crippen LogP contribution in [0.15, 0.2) is 47.6 Å². The van der Waals surface area contributed by atoms with Gasteiger partial charge in [-0.1, -0.05) is 67.4 Å². The quantitative estimate of drug-likeness (QED) is 0.661. The van der Waals surface area contributed by atoms with Gasteiger partial charge < -0.3 is 5.32 Å². The number of nitrogens with zero attached hydrogens (tertiary/aromatic N) is 4. The first kappa shape index (κ1) is 18.0. The molecule has 4 rings (SSSR count). The van der Waals surface area contributed by atoms with Crippen LogP contribution in [0, 0.1) is 0 Å². The van der Waals surface area contributed by atoms with Crippen molar-refractivity contribution in [2.45, 2.75) is 55.5 Å². The number of carbonyl (C=O) groups excluding carboxylic acids is 1. The number of thioether (sulfide) groups is 1. The summed E-state index contributed by atoms with van der Waals surface area (Å²) in [5.74, 6) is -0.0467. The van der Waals surface area contributed by atoms with Gasteiger partial charge in [0.1, 0.15) is 0 Å². The fourth-order valence-corrected chi connectivity index (χ4v) is 4.46. The number of fused-ring (bicyclic) bond motifs is 1. The fraction of sp³-hybridized carbons (Fsp3) is 0.400. The molecule has 1 saturated carbocycles. The Balaban J connectivity index is 1.46. The summed E-state index contributed by atoms with van der Waals surface area (Å²) in [5.41, 5.74) is 0.831. The standard InChI is InChI=1S/C20H23N5OS/c1-14(27-20-22-23-24-25(20)16-10-3-2-4-11-16)19(26)21-18-13-7-9-15-8-5-6-12-17(15)18/h5-9,12-14,16H,2-4,10-11H2,1H3,(H,21,26). The first-order valence-corrected chi connectivity index (χ1v) is 10.3. The van der Waals surface area contributed by atoms with Gasteiger partial charge in [0.15, 0.2) is 0 Å². The van der Waals surface area contributed by atoms with Gasteiger partial charge in [-0.25, -0.2) is 4.68 Å². The minimum Gasteiger partial charge on any atom is -0.325 e. The molecule has 1 unspecified atom stereocenters. The lowest BCUT2D eigenvalue weighted by Crippen LogP contribution is -2.23. The van der Waals surface area contributed by atoms with Crippen molar-refractivity contribution in [2.24, 2.45) is 0 Å². The molecule has 1 heterocycles. The van der Waals surface area contributed by atoms with Crippen LogP contribution in [-0.4, -0.2) is 31.4 Å². The zero-order valence-electron chi connectivity index (χ0n) is 15.3. The largest absolute Gasteiger partial charge is 0.325 e. The molecule has 0 radical (unpaired) electrons. The summed E-state index contributed by atoms with van der Waals surface area (Å²) in [5, 5.41) is 17.8. The molecule has 1 aromatic heterocycles. The summed E-state index contributed by atoms with van der Waals surface area (Å²) in [4.78, 5) is 12.8. The topological polar surface area (TPSA) is 72.7 Å². The normalized spacial score (nSPS) is 16.3. The predicted molar refractivity (Wildman–Crippen MR) is 108 cm³/mol. The number of hydrogen-bond donors (Lipinski definition) is 1. The Hall–Kier alpha value is -2.41. The molecule has 2 aromatic carbocycles. The second kappa shape index (κ2) is 8.08. The molecule has 27 heavy (non-hydrogen) atoms. The van der Waals surface area contributed by atoms with E-state index in [1.165, 1.54) is 31.0 Å². The Kier molecular flexibility index (Phi) is 5.38. The van der Waals surface area contributed by atoms with Gasteiger partial charge in [-0.3, -0.25) is 4.79 Å². The number of rotatable bonds is 5. The van der Waals surface area contributed by atoms with Crippen LogP contribution in [0.1, 0.15) is 45.1 Å². The molecule has 1 amide bonds. The lowest BCUT2D eigenvalue weighted by molar-refractivity contribution is -0.115. The Morgan fingerprint density at radius 3 is 2.78 bits per heavy atom. The van der Waals surface area contributed by atoms with Crippen molar-refractivity contribution < 1.29 is 4.79 Å². The Morgan fingerprint density at radius 2 is 1.93 bits per heavy atom. The molecular weight excluding hydrogens is 358 g/mol. The number of tetrazole rings is 1. The Labute approximate surface area is 162 Å². The number of amides is 1. The van der Waals surface area contributed by atoms with Crippen molar-refractivity contribution in [3.63, 3.8) is 0 Å². The molecule has 0 spiro atoms. The van der Waals surface area contributed by atoms with Gasteiger partial charge in [-0.2, -0.15) is 0 Å². The number of anilines is 1. The molecular formula is C20H23N5OS. The Morgan fingerprint density at radius 1 is 1.15 bits per heavy atom. The van der Waals surface area contributed by atoms with Crippen molar-refractivity contribution in [1.82, 2.24) is 20.2 Å². The number of benzene rings is 2. The maximum absolute atomic E-state index is 12.8. The van der Waals surface area contributed by atoms with Gasteiger partial charge in [-0.15, -0.1) is 5.10 Å². The van der Waals surface area contributed by atoms with Gasteiger partial charge in [0.25, 0.3) is 0 Å². The number of hydrogen-bond acceptors (Lipinski definition) is 5. The lowest BCUT2D eigenvalue weighted by atomic mass is 9.96. The average Bonchev–Trinajstić information content (AvgIpc) is 3.17. The van der Waals surface area contributed by atoms with Crippen molar-refractivity contribution >= 4 is 34.1 Å². The van der Waals surface area contributed by atoms with Crippen LogP contribution in [0.4, 0.5) is 5.69 Å². The van der Waals surface area contributed by atoms with Crippen molar-refractivity contribution in [3.05, 3.63) is 42.5 Å². The highest BCUT2D eigenvalue weighted by Crippen LogP contribution is 2.32. The van der Waals surface area contributed by atoms with Crippen LogP contribution < -0.4 is 5.32 Å². The van der Waals surface area contributed by atoms with Crippen LogP contribution in [0.2, 0.25) is 0 Å². The maximum atomic E-state index is 12.8. The number of carbonyl (C=O) groups is 1. The monoisotopic (exact) mass is 381 g/mol. The van der Waals surface area contributed by atoms with Gasteiger partial charge >= 0.3 is 0 Å². The molecule has 1 aliphatic carbocycles. The van der Waals surface area contributed by atoms with E-state index in [9.17, 15) is 4.79 Å². The number of aromatic nitrogens is 4. The van der Waals surface area contributed by atoms with Crippen LogP contribution in [0.5, 0.6) is 0 Å². The molecule has 0 bridgehead atoms. The van der Waals surface area contributed by atoms with Crippen molar-refractivity contribution in [3.8, 4) is 0 Å². The minimum atomic E-state index is -0.294. The summed E-state index contributed by atoms with van der Waals surface area (Å²) in [6.45, 7) is 1.89. The van der Waals surface area contributed by atoms with Crippen molar-refractivity contribution in [1.29, 1.82) is 0 Å². The van der Waals surface area contributed by atoms with Crippen LogP contribution in [0.3, 0.4) is 0 Å². The average molecular weight is 382 g/mol. The Bertz CT molecular complexity index is 930. The lowest BCUT2D eigenvalue weighted by Gasteiger charge is -2.22. The third-order valence-corrected chi connectivity index (χ3v) is 6.13. The molecule has 1 atom stereocenters. The zero-order valence-corrected chi connectivity index (χ0v) is 16.2. The molecule has 0 aliphatic heterocycles. The predicted octanol–water partition coefficient (Wildman–Crippen LogP) is 4.45. The SMILES string of the molecule is CC(Sc1nnnn1C1CCCCC1)C(=O)Nc1cccc2ccccc12. The maximum Gasteiger partial charge on any atom is 0.237 e. The van der Waals surface area contributed by atoms with Gasteiger partial charge in [0.05, 0.1) is 11.3 Å². The molecule has 0 saturated heterocycles. The van der Waals surface area contributed by atoms with E-state index in [1.807, 2.05) is 54.1 Å². The molecule has 7 heteroatoms. The third kappa shape index (κ3) is 3.98. The molecule has 1 fully saturated rings. The first-order valence-electron chi connectivity index (χ1n) is 9.45. The molecule has 3 aromatic rings. The summed E-state index contributed by atoms with van der Waals surface area (Å²) < 4.78 is 1.91. The molecule has 1 N–H and O–H groups in total.